The highest BCUT2D eigenvalue weighted by atomic mass is 19.4. The first kappa shape index (κ1) is 15.1. The molecule has 6 heteroatoms. The summed E-state index contributed by atoms with van der Waals surface area (Å²) in [5.74, 6) is 0.595. The summed E-state index contributed by atoms with van der Waals surface area (Å²) in [5, 5.41) is 3.07. The highest BCUT2D eigenvalue weighted by Gasteiger charge is 2.44. The fourth-order valence-electron chi connectivity index (χ4n) is 2.46. The molecule has 1 aliphatic heterocycles. The number of hydrogen-bond acceptors (Lipinski definition) is 3. The summed E-state index contributed by atoms with van der Waals surface area (Å²) < 4.78 is 45.3. The number of ether oxygens (including phenoxy) is 1. The Morgan fingerprint density at radius 2 is 1.80 bits per heavy atom. The minimum Gasteiger partial charge on any atom is -0.494 e. The van der Waals surface area contributed by atoms with Crippen LogP contribution in [0.25, 0.3) is 0 Å². The third kappa shape index (κ3) is 3.64. The zero-order valence-corrected chi connectivity index (χ0v) is 11.4. The van der Waals surface area contributed by atoms with Gasteiger partial charge in [-0.05, 0) is 24.6 Å². The van der Waals surface area contributed by atoms with Crippen molar-refractivity contribution < 1.29 is 17.9 Å². The van der Waals surface area contributed by atoms with Crippen molar-refractivity contribution in [3.8, 4) is 5.75 Å². The van der Waals surface area contributed by atoms with Gasteiger partial charge in [0.1, 0.15) is 11.8 Å². The molecule has 0 aromatic heterocycles. The number of nitrogens with one attached hydrogen (secondary N) is 1. The van der Waals surface area contributed by atoms with E-state index in [2.05, 4.69) is 5.32 Å². The second-order valence-electron chi connectivity index (χ2n) is 4.73. The van der Waals surface area contributed by atoms with Gasteiger partial charge in [0.2, 0.25) is 0 Å². The zero-order valence-electron chi connectivity index (χ0n) is 11.4. The van der Waals surface area contributed by atoms with Gasteiger partial charge in [0.05, 0.1) is 6.61 Å². The lowest BCUT2D eigenvalue weighted by Crippen LogP contribution is -2.49. The van der Waals surface area contributed by atoms with E-state index in [0.29, 0.717) is 38.5 Å². The fourth-order valence-corrected chi connectivity index (χ4v) is 2.46. The topological polar surface area (TPSA) is 24.5 Å². The second kappa shape index (κ2) is 6.45. The number of nitrogens with zero attached hydrogens (tertiary/aromatic N) is 1. The molecule has 1 atom stereocenters. The molecule has 0 bridgehead atoms. The molecule has 0 amide bonds. The predicted molar refractivity (Wildman–Crippen MR) is 70.8 cm³/mol. The summed E-state index contributed by atoms with van der Waals surface area (Å²) in [4.78, 5) is 1.48. The first-order valence-electron chi connectivity index (χ1n) is 6.76. The SMILES string of the molecule is CCOc1ccc([C@@H](N2CCNCC2)C(F)(F)F)cc1. The van der Waals surface area contributed by atoms with E-state index in [-0.39, 0.29) is 5.56 Å². The van der Waals surface area contributed by atoms with Crippen LogP contribution in [0.15, 0.2) is 24.3 Å². The van der Waals surface area contributed by atoms with Crippen LogP contribution in [0.2, 0.25) is 0 Å². The molecule has 0 aliphatic carbocycles. The predicted octanol–water partition coefficient (Wildman–Crippen LogP) is 2.59. The Balaban J connectivity index is 2.21. The molecule has 1 aromatic rings. The molecule has 0 saturated carbocycles. The van der Waals surface area contributed by atoms with E-state index >= 15 is 0 Å². The van der Waals surface area contributed by atoms with Crippen molar-refractivity contribution in [3.63, 3.8) is 0 Å². The van der Waals surface area contributed by atoms with Crippen molar-refractivity contribution in [3.05, 3.63) is 29.8 Å². The lowest BCUT2D eigenvalue weighted by Gasteiger charge is -2.36. The molecule has 3 nitrogen and oxygen atoms in total. The van der Waals surface area contributed by atoms with E-state index in [1.54, 1.807) is 12.1 Å². The highest BCUT2D eigenvalue weighted by molar-refractivity contribution is 5.30. The van der Waals surface area contributed by atoms with Gasteiger partial charge in [-0.1, -0.05) is 12.1 Å². The van der Waals surface area contributed by atoms with Gasteiger partial charge in [-0.15, -0.1) is 0 Å². The Bertz CT molecular complexity index is 413. The number of hydrogen-bond donors (Lipinski definition) is 1. The Morgan fingerprint density at radius 3 is 2.30 bits per heavy atom. The quantitative estimate of drug-likeness (QED) is 0.921. The molecule has 1 N–H and O–H groups in total. The van der Waals surface area contributed by atoms with E-state index in [4.69, 9.17) is 4.74 Å². The molecule has 0 unspecified atom stereocenters. The van der Waals surface area contributed by atoms with Crippen molar-refractivity contribution in [1.29, 1.82) is 0 Å². The first-order chi connectivity index (χ1) is 9.52. The fraction of sp³-hybridized carbons (Fsp3) is 0.571. The number of benzene rings is 1. The maximum Gasteiger partial charge on any atom is 0.408 e. The molecule has 0 spiro atoms. The van der Waals surface area contributed by atoms with Crippen LogP contribution in [0.5, 0.6) is 5.75 Å². The van der Waals surface area contributed by atoms with Crippen LogP contribution in [0.4, 0.5) is 13.2 Å². The van der Waals surface area contributed by atoms with Gasteiger partial charge in [-0.3, -0.25) is 4.90 Å². The maximum atomic E-state index is 13.3. The molecule has 112 valence electrons. The van der Waals surface area contributed by atoms with E-state index in [1.165, 1.54) is 17.0 Å². The highest BCUT2D eigenvalue weighted by Crippen LogP contribution is 2.38. The number of halogens is 3. The summed E-state index contributed by atoms with van der Waals surface area (Å²) in [6.45, 7) is 4.31. The summed E-state index contributed by atoms with van der Waals surface area (Å²) in [6.07, 6.45) is -4.27. The number of alkyl halides is 3. The third-order valence-corrected chi connectivity index (χ3v) is 3.33. The molecule has 0 radical (unpaired) electrons. The largest absolute Gasteiger partial charge is 0.494 e. The van der Waals surface area contributed by atoms with Gasteiger partial charge in [0.15, 0.2) is 0 Å². The van der Waals surface area contributed by atoms with E-state index in [1.807, 2.05) is 6.92 Å². The van der Waals surface area contributed by atoms with Crippen molar-refractivity contribution in [2.75, 3.05) is 32.8 Å². The van der Waals surface area contributed by atoms with Crippen LogP contribution in [-0.4, -0.2) is 43.9 Å². The molecule has 1 fully saturated rings. The minimum absolute atomic E-state index is 0.267. The van der Waals surface area contributed by atoms with Crippen LogP contribution >= 0.6 is 0 Å². The van der Waals surface area contributed by atoms with Crippen molar-refractivity contribution in [1.82, 2.24) is 10.2 Å². The van der Waals surface area contributed by atoms with Crippen LogP contribution in [-0.2, 0) is 0 Å². The van der Waals surface area contributed by atoms with E-state index < -0.39 is 12.2 Å². The first-order valence-corrected chi connectivity index (χ1v) is 6.76. The molecule has 1 aromatic carbocycles. The monoisotopic (exact) mass is 288 g/mol. The molecular weight excluding hydrogens is 269 g/mol. The Labute approximate surface area is 116 Å². The smallest absolute Gasteiger partial charge is 0.408 e. The molecular formula is C14H19F3N2O. The third-order valence-electron chi connectivity index (χ3n) is 3.33. The lowest BCUT2D eigenvalue weighted by molar-refractivity contribution is -0.187. The second-order valence-corrected chi connectivity index (χ2v) is 4.73. The zero-order chi connectivity index (χ0) is 14.6. The number of rotatable bonds is 4. The molecule has 20 heavy (non-hydrogen) atoms. The van der Waals surface area contributed by atoms with Gasteiger partial charge in [0, 0.05) is 26.2 Å². The van der Waals surface area contributed by atoms with Gasteiger partial charge in [0.25, 0.3) is 0 Å². The van der Waals surface area contributed by atoms with Crippen LogP contribution < -0.4 is 10.1 Å². The Morgan fingerprint density at radius 1 is 1.20 bits per heavy atom. The van der Waals surface area contributed by atoms with Crippen LogP contribution in [0.1, 0.15) is 18.5 Å². The lowest BCUT2D eigenvalue weighted by atomic mass is 10.0. The van der Waals surface area contributed by atoms with Crippen LogP contribution in [0.3, 0.4) is 0 Å². The van der Waals surface area contributed by atoms with E-state index in [0.717, 1.165) is 0 Å². The van der Waals surface area contributed by atoms with Crippen molar-refractivity contribution in [2.45, 2.75) is 19.1 Å². The molecule has 1 heterocycles. The summed E-state index contributed by atoms with van der Waals surface area (Å²) in [7, 11) is 0. The Hall–Kier alpha value is -1.27. The van der Waals surface area contributed by atoms with Gasteiger partial charge in [-0.2, -0.15) is 13.2 Å². The van der Waals surface area contributed by atoms with Crippen molar-refractivity contribution >= 4 is 0 Å². The summed E-state index contributed by atoms with van der Waals surface area (Å²) in [6, 6.07) is 4.66. The molecule has 1 saturated heterocycles. The number of piperazine rings is 1. The van der Waals surface area contributed by atoms with Gasteiger partial charge >= 0.3 is 6.18 Å². The van der Waals surface area contributed by atoms with Crippen LogP contribution in [0, 0.1) is 0 Å². The average molecular weight is 288 g/mol. The minimum atomic E-state index is -4.27. The van der Waals surface area contributed by atoms with Gasteiger partial charge in [-0.25, -0.2) is 0 Å². The standard InChI is InChI=1S/C14H19F3N2O/c1-2-20-12-5-3-11(4-6-12)13(14(15,16)17)19-9-7-18-8-10-19/h3-6,13,18H,2,7-10H2,1H3/t13-/m1/s1. The summed E-state index contributed by atoms with van der Waals surface area (Å²) in [5.41, 5.74) is 0.267. The van der Waals surface area contributed by atoms with Gasteiger partial charge < -0.3 is 10.1 Å². The van der Waals surface area contributed by atoms with E-state index in [9.17, 15) is 13.2 Å². The normalized spacial score (nSPS) is 18.8. The average Bonchev–Trinajstić information content (AvgIpc) is 2.41. The summed E-state index contributed by atoms with van der Waals surface area (Å²) >= 11 is 0. The van der Waals surface area contributed by atoms with Crippen molar-refractivity contribution in [2.24, 2.45) is 0 Å². The maximum absolute atomic E-state index is 13.3. The molecule has 2 rings (SSSR count). The Kier molecular flexibility index (Phi) is 4.88. The molecule has 1 aliphatic rings.